The molecule has 0 N–H and O–H groups in total. The Kier molecular flexibility index (Phi) is 6.49. The summed E-state index contributed by atoms with van der Waals surface area (Å²) < 4.78 is 46.2. The molecule has 0 bridgehead atoms. The third-order valence-corrected chi connectivity index (χ3v) is 7.04. The Labute approximate surface area is 218 Å². The van der Waals surface area contributed by atoms with Crippen molar-refractivity contribution in [2.75, 3.05) is 67.2 Å². The zero-order valence-corrected chi connectivity index (χ0v) is 20.7. The molecule has 4 aromatic rings. The number of piperazine rings is 1. The number of pyridine rings is 1. The van der Waals surface area contributed by atoms with E-state index in [1.165, 1.54) is 12.3 Å². The number of halogens is 3. The van der Waals surface area contributed by atoms with Crippen LogP contribution in [0.1, 0.15) is 5.56 Å². The highest BCUT2D eigenvalue weighted by Crippen LogP contribution is 2.36. The van der Waals surface area contributed by atoms with E-state index in [0.717, 1.165) is 47.0 Å². The highest BCUT2D eigenvalue weighted by atomic mass is 19.4. The van der Waals surface area contributed by atoms with Crippen LogP contribution in [0.4, 0.5) is 30.8 Å². The van der Waals surface area contributed by atoms with Crippen molar-refractivity contribution >= 4 is 28.4 Å². The second-order valence-corrected chi connectivity index (χ2v) is 9.42. The third kappa shape index (κ3) is 4.96. The second kappa shape index (κ2) is 10.1. The summed E-state index contributed by atoms with van der Waals surface area (Å²) in [6, 6.07) is 18.9. The molecule has 196 valence electrons. The van der Waals surface area contributed by atoms with Crippen LogP contribution in [-0.4, -0.2) is 67.4 Å². The van der Waals surface area contributed by atoms with E-state index in [1.807, 2.05) is 23.1 Å². The van der Waals surface area contributed by atoms with Gasteiger partial charge in [0.2, 0.25) is 5.95 Å². The zero-order valence-electron chi connectivity index (χ0n) is 20.7. The number of hydrogen-bond donors (Lipinski definition) is 0. The van der Waals surface area contributed by atoms with Crippen molar-refractivity contribution in [1.29, 1.82) is 0 Å². The zero-order chi connectivity index (χ0) is 26.1. The summed E-state index contributed by atoms with van der Waals surface area (Å²) in [5, 5.41) is 2.28. The van der Waals surface area contributed by atoms with Crippen LogP contribution in [0.5, 0.6) is 0 Å². The SMILES string of the molecule is FC(F)(F)c1cccnc1N1CCN(c2nc(-c3ccc4ccccc4c3)cc(N3CCOCC3)n2)CC1. The van der Waals surface area contributed by atoms with Gasteiger partial charge in [0.15, 0.2) is 0 Å². The van der Waals surface area contributed by atoms with Gasteiger partial charge >= 0.3 is 6.18 Å². The van der Waals surface area contributed by atoms with E-state index < -0.39 is 11.7 Å². The minimum atomic E-state index is -4.45. The molecule has 0 unspecified atom stereocenters. The van der Waals surface area contributed by atoms with E-state index in [-0.39, 0.29) is 5.82 Å². The van der Waals surface area contributed by atoms with Gasteiger partial charge < -0.3 is 19.4 Å². The average Bonchev–Trinajstić information content (AvgIpc) is 2.97. The molecule has 7 nitrogen and oxygen atoms in total. The lowest BCUT2D eigenvalue weighted by atomic mass is 10.0. The molecule has 2 aliphatic rings. The summed E-state index contributed by atoms with van der Waals surface area (Å²) in [5.41, 5.74) is 1.09. The van der Waals surface area contributed by atoms with Gasteiger partial charge in [-0.2, -0.15) is 18.2 Å². The van der Waals surface area contributed by atoms with E-state index >= 15 is 0 Å². The Hall–Kier alpha value is -3.92. The number of fused-ring (bicyclic) bond motifs is 1. The van der Waals surface area contributed by atoms with Crippen molar-refractivity contribution in [2.45, 2.75) is 6.18 Å². The number of morpholine rings is 1. The van der Waals surface area contributed by atoms with Gasteiger partial charge in [-0.1, -0.05) is 36.4 Å². The average molecular weight is 521 g/mol. The predicted octanol–water partition coefficient (Wildman–Crippen LogP) is 4.87. The van der Waals surface area contributed by atoms with E-state index in [1.54, 1.807) is 4.90 Å². The van der Waals surface area contributed by atoms with Crippen molar-refractivity contribution in [2.24, 2.45) is 0 Å². The van der Waals surface area contributed by atoms with Crippen LogP contribution in [0.15, 0.2) is 66.9 Å². The van der Waals surface area contributed by atoms with Crippen LogP contribution in [0.2, 0.25) is 0 Å². The normalized spacial score (nSPS) is 16.8. The third-order valence-electron chi connectivity index (χ3n) is 7.04. The number of rotatable bonds is 4. The molecule has 2 aromatic heterocycles. The van der Waals surface area contributed by atoms with Crippen LogP contribution < -0.4 is 14.7 Å². The Morgan fingerprint density at radius 3 is 2.21 bits per heavy atom. The minimum absolute atomic E-state index is 0.0283. The number of nitrogens with zero attached hydrogens (tertiary/aromatic N) is 6. The van der Waals surface area contributed by atoms with E-state index in [2.05, 4.69) is 40.2 Å². The van der Waals surface area contributed by atoms with Gasteiger partial charge in [0.05, 0.1) is 24.5 Å². The molecular formula is C28H27F3N6O. The quantitative estimate of drug-likeness (QED) is 0.380. The molecule has 0 spiro atoms. The Morgan fingerprint density at radius 1 is 0.711 bits per heavy atom. The molecule has 2 aromatic carbocycles. The topological polar surface area (TPSA) is 57.6 Å². The minimum Gasteiger partial charge on any atom is -0.378 e. The maximum absolute atomic E-state index is 13.6. The number of benzene rings is 2. The van der Waals surface area contributed by atoms with Gasteiger partial charge in [-0.05, 0) is 29.0 Å². The molecule has 2 fully saturated rings. The van der Waals surface area contributed by atoms with Gasteiger partial charge in [-0.3, -0.25) is 0 Å². The summed E-state index contributed by atoms with van der Waals surface area (Å²) >= 11 is 0. The summed E-state index contributed by atoms with van der Waals surface area (Å²) in [4.78, 5) is 19.8. The van der Waals surface area contributed by atoms with Crippen molar-refractivity contribution < 1.29 is 17.9 Å². The van der Waals surface area contributed by atoms with Crippen LogP contribution in [0.25, 0.3) is 22.0 Å². The fraction of sp³-hybridized carbons (Fsp3) is 0.321. The lowest BCUT2D eigenvalue weighted by Gasteiger charge is -2.37. The fourth-order valence-corrected chi connectivity index (χ4v) is 5.00. The number of anilines is 3. The molecule has 0 radical (unpaired) electrons. The molecule has 2 aliphatic heterocycles. The van der Waals surface area contributed by atoms with Crippen molar-refractivity contribution in [3.8, 4) is 11.3 Å². The predicted molar refractivity (Wildman–Crippen MR) is 142 cm³/mol. The summed E-state index contributed by atoms with van der Waals surface area (Å²) in [6.45, 7) is 4.48. The van der Waals surface area contributed by atoms with Crippen molar-refractivity contribution in [1.82, 2.24) is 15.0 Å². The lowest BCUT2D eigenvalue weighted by molar-refractivity contribution is -0.137. The Balaban J connectivity index is 1.30. The first-order valence-corrected chi connectivity index (χ1v) is 12.7. The van der Waals surface area contributed by atoms with Gasteiger partial charge in [0.25, 0.3) is 0 Å². The number of ether oxygens (including phenoxy) is 1. The lowest BCUT2D eigenvalue weighted by Crippen LogP contribution is -2.48. The van der Waals surface area contributed by atoms with Crippen molar-refractivity contribution in [3.05, 3.63) is 72.4 Å². The molecule has 2 saturated heterocycles. The maximum atomic E-state index is 13.6. The molecule has 0 saturated carbocycles. The first-order chi connectivity index (χ1) is 18.5. The monoisotopic (exact) mass is 520 g/mol. The van der Waals surface area contributed by atoms with Gasteiger partial charge in [0.1, 0.15) is 11.6 Å². The molecule has 10 heteroatoms. The standard InChI is InChI=1S/C28H27F3N6O/c29-28(30,31)23-6-3-9-32-26(23)36-10-12-37(13-11-36)27-33-24(19-25(34-27)35-14-16-38-17-15-35)22-8-7-20-4-1-2-5-21(20)18-22/h1-9,18-19H,10-17H2. The first-order valence-electron chi connectivity index (χ1n) is 12.7. The second-order valence-electron chi connectivity index (χ2n) is 9.42. The van der Waals surface area contributed by atoms with E-state index in [0.29, 0.717) is 45.3 Å². The molecule has 4 heterocycles. The fourth-order valence-electron chi connectivity index (χ4n) is 5.00. The largest absolute Gasteiger partial charge is 0.419 e. The van der Waals surface area contributed by atoms with Gasteiger partial charge in [-0.25, -0.2) is 9.97 Å². The van der Waals surface area contributed by atoms with Crippen LogP contribution >= 0.6 is 0 Å². The van der Waals surface area contributed by atoms with Gasteiger partial charge in [-0.15, -0.1) is 0 Å². The number of alkyl halides is 3. The number of hydrogen-bond acceptors (Lipinski definition) is 7. The van der Waals surface area contributed by atoms with E-state index in [4.69, 9.17) is 14.7 Å². The highest BCUT2D eigenvalue weighted by molar-refractivity contribution is 5.87. The smallest absolute Gasteiger partial charge is 0.378 e. The van der Waals surface area contributed by atoms with Crippen LogP contribution in [-0.2, 0) is 10.9 Å². The van der Waals surface area contributed by atoms with Crippen LogP contribution in [0, 0.1) is 0 Å². The van der Waals surface area contributed by atoms with Crippen molar-refractivity contribution in [3.63, 3.8) is 0 Å². The molecule has 38 heavy (non-hydrogen) atoms. The maximum Gasteiger partial charge on any atom is 0.419 e. The first kappa shape index (κ1) is 24.4. The number of aromatic nitrogens is 3. The molecule has 0 aliphatic carbocycles. The molecule has 0 amide bonds. The Bertz CT molecular complexity index is 1430. The molecule has 0 atom stereocenters. The summed E-state index contributed by atoms with van der Waals surface area (Å²) in [6.07, 6.45) is -3.05. The highest BCUT2D eigenvalue weighted by Gasteiger charge is 2.36. The summed E-state index contributed by atoms with van der Waals surface area (Å²) in [5.74, 6) is 1.38. The van der Waals surface area contributed by atoms with Crippen LogP contribution in [0.3, 0.4) is 0 Å². The Morgan fingerprint density at radius 2 is 1.45 bits per heavy atom. The molecular weight excluding hydrogens is 493 g/mol. The van der Waals surface area contributed by atoms with E-state index in [9.17, 15) is 13.2 Å². The molecule has 6 rings (SSSR count). The summed E-state index contributed by atoms with van der Waals surface area (Å²) in [7, 11) is 0. The van der Waals surface area contributed by atoms with Gasteiger partial charge in [0, 0.05) is 57.1 Å².